The summed E-state index contributed by atoms with van der Waals surface area (Å²) in [5.41, 5.74) is 5.67. The molecule has 1 fully saturated rings. The molecule has 0 radical (unpaired) electrons. The van der Waals surface area contributed by atoms with Gasteiger partial charge in [0.1, 0.15) is 16.4 Å². The molecule has 0 aliphatic carbocycles. The first-order chi connectivity index (χ1) is 13.1. The van der Waals surface area contributed by atoms with Crippen LogP contribution < -0.4 is 15.6 Å². The molecule has 0 bridgehead atoms. The summed E-state index contributed by atoms with van der Waals surface area (Å²) in [6, 6.07) is 3.45. The lowest BCUT2D eigenvalue weighted by Gasteiger charge is -2.19. The monoisotopic (exact) mass is 414 g/mol. The third-order valence-corrected chi connectivity index (χ3v) is 5.89. The molecule has 1 aliphatic rings. The first kappa shape index (κ1) is 20.2. The lowest BCUT2D eigenvalue weighted by Crippen LogP contribution is -2.34. The number of rotatable bonds is 5. The van der Waals surface area contributed by atoms with Gasteiger partial charge in [0.2, 0.25) is 5.91 Å². The van der Waals surface area contributed by atoms with Gasteiger partial charge in [-0.3, -0.25) is 14.9 Å². The van der Waals surface area contributed by atoms with Crippen molar-refractivity contribution in [2.75, 3.05) is 25.4 Å². The number of sulfonamides is 1. The van der Waals surface area contributed by atoms with E-state index in [1.54, 1.807) is 14.1 Å². The van der Waals surface area contributed by atoms with Gasteiger partial charge in [0, 0.05) is 32.8 Å². The Morgan fingerprint density at radius 1 is 1.25 bits per heavy atom. The lowest BCUT2D eigenvalue weighted by atomic mass is 9.98. The van der Waals surface area contributed by atoms with E-state index in [4.69, 9.17) is 4.42 Å². The SMILES string of the molecule is Cc1oc(C2NNCC2C(=O)N(C)C)cc1S(=O)(=O)Nc1ccc(F)c(F)c1. The predicted octanol–water partition coefficient (Wildman–Crippen LogP) is 1.52. The smallest absolute Gasteiger partial charge is 0.265 e. The van der Waals surface area contributed by atoms with E-state index in [1.807, 2.05) is 0 Å². The molecular weight excluding hydrogens is 394 g/mol. The number of halogens is 2. The molecule has 2 aromatic rings. The Hall–Kier alpha value is -2.50. The molecular formula is C17H20F2N4O4S. The molecule has 0 saturated carbocycles. The van der Waals surface area contributed by atoms with Crippen molar-refractivity contribution in [1.29, 1.82) is 0 Å². The Morgan fingerprint density at radius 2 is 1.96 bits per heavy atom. The average molecular weight is 414 g/mol. The fourth-order valence-electron chi connectivity index (χ4n) is 3.01. The normalized spacial score (nSPS) is 19.6. The second-order valence-electron chi connectivity index (χ2n) is 6.65. The number of hydrogen-bond acceptors (Lipinski definition) is 6. The molecule has 1 saturated heterocycles. The van der Waals surface area contributed by atoms with Crippen molar-refractivity contribution in [3.05, 3.63) is 47.4 Å². The first-order valence-corrected chi connectivity index (χ1v) is 9.86. The van der Waals surface area contributed by atoms with E-state index in [0.717, 1.165) is 18.2 Å². The number of anilines is 1. The van der Waals surface area contributed by atoms with Gasteiger partial charge in [0.05, 0.1) is 17.6 Å². The van der Waals surface area contributed by atoms with Gasteiger partial charge in [-0.2, -0.15) is 0 Å². The summed E-state index contributed by atoms with van der Waals surface area (Å²) in [5.74, 6) is -2.49. The maximum absolute atomic E-state index is 13.3. The Kier molecular flexibility index (Phi) is 5.41. The molecule has 1 aromatic heterocycles. The van der Waals surface area contributed by atoms with Crippen molar-refractivity contribution >= 4 is 21.6 Å². The zero-order valence-corrected chi connectivity index (χ0v) is 16.2. The molecule has 2 atom stereocenters. The first-order valence-electron chi connectivity index (χ1n) is 8.38. The Balaban J connectivity index is 1.88. The van der Waals surface area contributed by atoms with Crippen LogP contribution in [-0.4, -0.2) is 39.9 Å². The van der Waals surface area contributed by atoms with Gasteiger partial charge in [0.25, 0.3) is 10.0 Å². The molecule has 8 nitrogen and oxygen atoms in total. The van der Waals surface area contributed by atoms with Crippen LogP contribution in [0.1, 0.15) is 17.6 Å². The standard InChI is InChI=1S/C17H20F2N4O4S/c1-9-15(28(25,26)22-10-4-5-12(18)13(19)6-10)7-14(27-9)16-11(8-20-21-16)17(24)23(2)3/h4-7,11,16,20-22H,8H2,1-3H3. The third-order valence-electron chi connectivity index (χ3n) is 4.40. The summed E-state index contributed by atoms with van der Waals surface area (Å²) in [4.78, 5) is 13.6. The molecule has 152 valence electrons. The maximum Gasteiger partial charge on any atom is 0.265 e. The molecule has 1 amide bonds. The van der Waals surface area contributed by atoms with Crippen LogP contribution in [0.2, 0.25) is 0 Å². The maximum atomic E-state index is 13.3. The molecule has 3 N–H and O–H groups in total. The number of carbonyl (C=O) groups is 1. The number of furan rings is 1. The molecule has 2 unspecified atom stereocenters. The van der Waals surface area contributed by atoms with Crippen LogP contribution in [0.5, 0.6) is 0 Å². The highest BCUT2D eigenvalue weighted by molar-refractivity contribution is 7.92. The Morgan fingerprint density at radius 3 is 2.61 bits per heavy atom. The predicted molar refractivity (Wildman–Crippen MR) is 96.7 cm³/mol. The number of aryl methyl sites for hydroxylation is 1. The zero-order chi connectivity index (χ0) is 20.6. The number of nitrogens with one attached hydrogen (secondary N) is 3. The van der Waals surface area contributed by atoms with E-state index in [2.05, 4.69) is 15.6 Å². The zero-order valence-electron chi connectivity index (χ0n) is 15.4. The van der Waals surface area contributed by atoms with E-state index in [9.17, 15) is 22.0 Å². The molecule has 1 aliphatic heterocycles. The van der Waals surface area contributed by atoms with Gasteiger partial charge in [-0.15, -0.1) is 0 Å². The van der Waals surface area contributed by atoms with E-state index >= 15 is 0 Å². The summed E-state index contributed by atoms with van der Waals surface area (Å²) < 4.78 is 59.5. The number of nitrogens with zero attached hydrogens (tertiary/aromatic N) is 1. The molecule has 1 aromatic carbocycles. The highest BCUT2D eigenvalue weighted by Crippen LogP contribution is 2.32. The summed E-state index contributed by atoms with van der Waals surface area (Å²) >= 11 is 0. The van der Waals surface area contributed by atoms with Gasteiger partial charge in [0.15, 0.2) is 11.6 Å². The fourth-order valence-corrected chi connectivity index (χ4v) is 4.24. The van der Waals surface area contributed by atoms with Crippen LogP contribution >= 0.6 is 0 Å². The van der Waals surface area contributed by atoms with Crippen LogP contribution in [0.25, 0.3) is 0 Å². The number of hydrazine groups is 1. The minimum atomic E-state index is -4.11. The highest BCUT2D eigenvalue weighted by atomic mass is 32.2. The Bertz CT molecular complexity index is 1010. The fraction of sp³-hybridized carbons (Fsp3) is 0.353. The van der Waals surface area contributed by atoms with Crippen LogP contribution in [0.15, 0.2) is 33.6 Å². The van der Waals surface area contributed by atoms with Crippen molar-refractivity contribution in [3.63, 3.8) is 0 Å². The topological polar surface area (TPSA) is 104 Å². The van der Waals surface area contributed by atoms with Crippen molar-refractivity contribution in [3.8, 4) is 0 Å². The summed E-state index contributed by atoms with van der Waals surface area (Å²) in [5, 5.41) is 0. The Labute approximate surface area is 160 Å². The lowest BCUT2D eigenvalue weighted by molar-refractivity contribution is -0.133. The van der Waals surface area contributed by atoms with Crippen molar-refractivity contribution in [1.82, 2.24) is 15.8 Å². The average Bonchev–Trinajstić information content (AvgIpc) is 3.23. The highest BCUT2D eigenvalue weighted by Gasteiger charge is 2.38. The third kappa shape index (κ3) is 3.86. The van der Waals surface area contributed by atoms with Gasteiger partial charge < -0.3 is 9.32 Å². The van der Waals surface area contributed by atoms with E-state index in [0.29, 0.717) is 6.54 Å². The van der Waals surface area contributed by atoms with Crippen molar-refractivity contribution in [2.24, 2.45) is 5.92 Å². The van der Waals surface area contributed by atoms with Crippen molar-refractivity contribution in [2.45, 2.75) is 17.9 Å². The summed E-state index contributed by atoms with van der Waals surface area (Å²) in [7, 11) is -0.849. The summed E-state index contributed by atoms with van der Waals surface area (Å²) in [6.07, 6.45) is 0. The van der Waals surface area contributed by atoms with Gasteiger partial charge in [-0.25, -0.2) is 22.6 Å². The molecule has 3 rings (SSSR count). The minimum absolute atomic E-state index is 0.106. The number of carbonyl (C=O) groups excluding carboxylic acids is 1. The molecule has 11 heteroatoms. The van der Waals surface area contributed by atoms with Crippen LogP contribution in [0, 0.1) is 24.5 Å². The minimum Gasteiger partial charge on any atom is -0.463 e. The van der Waals surface area contributed by atoms with Gasteiger partial charge >= 0.3 is 0 Å². The molecule has 0 spiro atoms. The van der Waals surface area contributed by atoms with Gasteiger partial charge in [-0.1, -0.05) is 0 Å². The van der Waals surface area contributed by atoms with Crippen LogP contribution in [0.4, 0.5) is 14.5 Å². The van der Waals surface area contributed by atoms with Crippen LogP contribution in [-0.2, 0) is 14.8 Å². The molecule has 28 heavy (non-hydrogen) atoms. The van der Waals surface area contributed by atoms with Crippen molar-refractivity contribution < 1.29 is 26.4 Å². The summed E-state index contributed by atoms with van der Waals surface area (Å²) in [6.45, 7) is 1.82. The van der Waals surface area contributed by atoms with E-state index in [-0.39, 0.29) is 28.0 Å². The molecule has 2 heterocycles. The second-order valence-corrected chi connectivity index (χ2v) is 8.30. The van der Waals surface area contributed by atoms with E-state index < -0.39 is 33.6 Å². The number of benzene rings is 1. The van der Waals surface area contributed by atoms with E-state index in [1.165, 1.54) is 17.9 Å². The van der Waals surface area contributed by atoms with Gasteiger partial charge in [-0.05, 0) is 19.1 Å². The quantitative estimate of drug-likeness (QED) is 0.686. The second kappa shape index (κ2) is 7.49. The van der Waals surface area contributed by atoms with Crippen LogP contribution in [0.3, 0.4) is 0 Å². The number of hydrogen-bond donors (Lipinski definition) is 3. The largest absolute Gasteiger partial charge is 0.463 e. The number of amides is 1.